The number of benzene rings is 1. The number of amides is 1. The van der Waals surface area contributed by atoms with Crippen molar-refractivity contribution in [2.75, 3.05) is 12.3 Å². The van der Waals surface area contributed by atoms with Crippen molar-refractivity contribution in [3.05, 3.63) is 46.2 Å². The van der Waals surface area contributed by atoms with Crippen molar-refractivity contribution >= 4 is 46.7 Å². The van der Waals surface area contributed by atoms with Crippen LogP contribution in [-0.4, -0.2) is 34.0 Å². The zero-order valence-corrected chi connectivity index (χ0v) is 19.1. The molecule has 2 aromatic rings. The van der Waals surface area contributed by atoms with E-state index in [2.05, 4.69) is 17.7 Å². The van der Waals surface area contributed by atoms with Crippen molar-refractivity contribution in [1.29, 1.82) is 5.26 Å². The van der Waals surface area contributed by atoms with E-state index in [9.17, 15) is 10.1 Å². The Kier molecular flexibility index (Phi) is 7.95. The van der Waals surface area contributed by atoms with Crippen molar-refractivity contribution in [2.24, 2.45) is 0 Å². The largest absolute Gasteiger partial charge is 0.396 e. The van der Waals surface area contributed by atoms with Crippen LogP contribution in [0.15, 0.2) is 35.4 Å². The van der Waals surface area contributed by atoms with Gasteiger partial charge in [0, 0.05) is 30.2 Å². The van der Waals surface area contributed by atoms with Crippen LogP contribution in [0.4, 0.5) is 5.69 Å². The molecule has 0 bridgehead atoms. The van der Waals surface area contributed by atoms with Gasteiger partial charge in [-0.25, -0.2) is 4.72 Å². The summed E-state index contributed by atoms with van der Waals surface area (Å²) in [6.45, 7) is 3.43. The molecule has 0 saturated carbocycles. The lowest BCUT2D eigenvalue weighted by molar-refractivity contribution is -0.136. The Hall–Kier alpha value is -1.85. The summed E-state index contributed by atoms with van der Waals surface area (Å²) >= 11 is 13.6. The van der Waals surface area contributed by atoms with E-state index in [1.165, 1.54) is 11.9 Å². The zero-order chi connectivity index (χ0) is 21.7. The minimum Gasteiger partial charge on any atom is -0.396 e. The Labute approximate surface area is 191 Å². The molecule has 1 saturated heterocycles. The number of rotatable bonds is 7. The van der Waals surface area contributed by atoms with E-state index in [1.54, 1.807) is 18.2 Å². The summed E-state index contributed by atoms with van der Waals surface area (Å²) in [7, 11) is 0. The van der Waals surface area contributed by atoms with Crippen LogP contribution in [0.25, 0.3) is 0 Å². The van der Waals surface area contributed by atoms with Gasteiger partial charge in [-0.1, -0.05) is 23.2 Å². The van der Waals surface area contributed by atoms with Gasteiger partial charge < -0.3 is 15.2 Å². The maximum Gasteiger partial charge on any atom is 0.240 e. The van der Waals surface area contributed by atoms with Gasteiger partial charge >= 0.3 is 0 Å². The van der Waals surface area contributed by atoms with E-state index in [0.29, 0.717) is 34.4 Å². The van der Waals surface area contributed by atoms with Gasteiger partial charge in [0.2, 0.25) is 5.91 Å². The molecule has 1 aromatic heterocycles. The summed E-state index contributed by atoms with van der Waals surface area (Å²) in [6, 6.07) is 9.04. The Morgan fingerprint density at radius 1 is 1.40 bits per heavy atom. The molecule has 0 aliphatic carbocycles. The average molecular weight is 466 g/mol. The number of anilines is 1. The third kappa shape index (κ3) is 5.44. The fourth-order valence-electron chi connectivity index (χ4n) is 3.60. The molecule has 1 aliphatic rings. The van der Waals surface area contributed by atoms with Crippen molar-refractivity contribution in [1.82, 2.24) is 14.2 Å². The monoisotopic (exact) mass is 465 g/mol. The number of hydrogen-bond acceptors (Lipinski definition) is 5. The Balaban J connectivity index is 1.74. The molecule has 2 unspecified atom stereocenters. The second-order valence-corrected chi connectivity index (χ2v) is 9.16. The van der Waals surface area contributed by atoms with E-state index in [-0.39, 0.29) is 11.9 Å². The fourth-order valence-corrected chi connectivity index (χ4v) is 5.06. The lowest BCUT2D eigenvalue weighted by Crippen LogP contribution is -2.50. The first kappa shape index (κ1) is 22.8. The molecule has 6 nitrogen and oxygen atoms in total. The fraction of sp³-hybridized carbons (Fsp3) is 0.429. The molecular weight excluding hydrogens is 441 g/mol. The molecule has 9 heteroatoms. The van der Waals surface area contributed by atoms with Crippen molar-refractivity contribution in [3.8, 4) is 6.07 Å². The SMILES string of the molecule is CC1CCCCN1C(=O)C(CCn1cccc1C#N)NSc1cc(Cl)c(N)c(Cl)c1. The lowest BCUT2D eigenvalue weighted by atomic mass is 10.0. The van der Waals surface area contributed by atoms with Gasteiger partial charge in [-0.05, 0) is 68.8 Å². The van der Waals surface area contributed by atoms with Gasteiger partial charge in [0.15, 0.2) is 0 Å². The Bertz CT molecular complexity index is 919. The first-order chi connectivity index (χ1) is 14.4. The third-order valence-corrected chi connectivity index (χ3v) is 6.86. The van der Waals surface area contributed by atoms with Gasteiger partial charge in [-0.15, -0.1) is 0 Å². The van der Waals surface area contributed by atoms with E-state index < -0.39 is 6.04 Å². The number of hydrogen-bond donors (Lipinski definition) is 2. The van der Waals surface area contributed by atoms with Crippen LogP contribution in [-0.2, 0) is 11.3 Å². The van der Waals surface area contributed by atoms with Gasteiger partial charge in [-0.3, -0.25) is 4.79 Å². The standard InChI is InChI=1S/C21H25Cl2N5OS/c1-14-5-2-3-9-28(14)21(29)19(7-10-27-8-4-6-15(27)13-24)26-30-16-11-17(22)20(25)18(23)12-16/h4,6,8,11-12,14,19,26H,2-3,5,7,9-10,25H2,1H3. The molecule has 1 aromatic carbocycles. The molecule has 1 fully saturated rings. The quantitative estimate of drug-likeness (QED) is 0.456. The van der Waals surface area contributed by atoms with Gasteiger partial charge in [0.25, 0.3) is 0 Å². The number of halogens is 2. The van der Waals surface area contributed by atoms with Crippen molar-refractivity contribution in [3.63, 3.8) is 0 Å². The molecule has 30 heavy (non-hydrogen) atoms. The number of piperidine rings is 1. The summed E-state index contributed by atoms with van der Waals surface area (Å²) < 4.78 is 5.16. The van der Waals surface area contributed by atoms with Gasteiger partial charge in [0.05, 0.1) is 21.8 Å². The smallest absolute Gasteiger partial charge is 0.240 e. The number of nitrogens with zero attached hydrogens (tertiary/aromatic N) is 3. The molecule has 1 aliphatic heterocycles. The summed E-state index contributed by atoms with van der Waals surface area (Å²) in [4.78, 5) is 16.1. The minimum atomic E-state index is -0.417. The molecule has 160 valence electrons. The topological polar surface area (TPSA) is 87.1 Å². The van der Waals surface area contributed by atoms with Crippen LogP contribution >= 0.6 is 35.1 Å². The van der Waals surface area contributed by atoms with Gasteiger partial charge in [0.1, 0.15) is 11.8 Å². The first-order valence-electron chi connectivity index (χ1n) is 9.93. The maximum atomic E-state index is 13.3. The third-order valence-electron chi connectivity index (χ3n) is 5.36. The van der Waals surface area contributed by atoms with Crippen LogP contribution in [0.1, 0.15) is 38.3 Å². The number of aromatic nitrogens is 1. The number of likely N-dealkylation sites (tertiary alicyclic amines) is 1. The normalized spacial score (nSPS) is 17.5. The number of nitrogens with two attached hydrogens (primary N) is 1. The van der Waals surface area contributed by atoms with E-state index >= 15 is 0 Å². The van der Waals surface area contributed by atoms with E-state index in [0.717, 1.165) is 30.7 Å². The Morgan fingerprint density at radius 2 is 2.13 bits per heavy atom. The summed E-state index contributed by atoms with van der Waals surface area (Å²) in [5, 5.41) is 10.0. The summed E-state index contributed by atoms with van der Waals surface area (Å²) in [6.07, 6.45) is 5.60. The van der Waals surface area contributed by atoms with Crippen molar-refractivity contribution in [2.45, 2.75) is 56.1 Å². The van der Waals surface area contributed by atoms with Gasteiger partial charge in [-0.2, -0.15) is 5.26 Å². The van der Waals surface area contributed by atoms with Crippen LogP contribution in [0.5, 0.6) is 0 Å². The van der Waals surface area contributed by atoms with E-state index in [4.69, 9.17) is 28.9 Å². The Morgan fingerprint density at radius 3 is 2.80 bits per heavy atom. The highest BCUT2D eigenvalue weighted by molar-refractivity contribution is 7.97. The number of nitrogens with one attached hydrogen (secondary N) is 1. The van der Waals surface area contributed by atoms with E-state index in [1.807, 2.05) is 21.7 Å². The minimum absolute atomic E-state index is 0.0769. The second kappa shape index (κ2) is 10.5. The predicted octanol–water partition coefficient (Wildman–Crippen LogP) is 4.71. The average Bonchev–Trinajstić information content (AvgIpc) is 3.19. The van der Waals surface area contributed by atoms with Crippen LogP contribution in [0, 0.1) is 11.3 Å². The van der Waals surface area contributed by atoms with Crippen LogP contribution in [0.3, 0.4) is 0 Å². The van der Waals surface area contributed by atoms with Crippen LogP contribution in [0.2, 0.25) is 10.0 Å². The zero-order valence-electron chi connectivity index (χ0n) is 16.8. The lowest BCUT2D eigenvalue weighted by Gasteiger charge is -2.36. The molecular formula is C21H25Cl2N5OS. The second-order valence-electron chi connectivity index (χ2n) is 7.44. The highest BCUT2D eigenvalue weighted by atomic mass is 35.5. The molecule has 3 N–H and O–H groups in total. The predicted molar refractivity (Wildman–Crippen MR) is 122 cm³/mol. The molecule has 0 spiro atoms. The molecule has 1 amide bonds. The molecule has 2 heterocycles. The number of carbonyl (C=O) groups excluding carboxylic acids is 1. The number of aryl methyl sites for hydroxylation is 1. The highest BCUT2D eigenvalue weighted by Crippen LogP contribution is 2.32. The number of carbonyl (C=O) groups is 1. The maximum absolute atomic E-state index is 13.3. The van der Waals surface area contributed by atoms with Crippen LogP contribution < -0.4 is 10.5 Å². The first-order valence-corrected chi connectivity index (χ1v) is 11.5. The highest BCUT2D eigenvalue weighted by Gasteiger charge is 2.29. The summed E-state index contributed by atoms with van der Waals surface area (Å²) in [5.41, 5.74) is 6.74. The molecule has 3 rings (SSSR count). The molecule has 0 radical (unpaired) electrons. The number of nitriles is 1. The summed E-state index contributed by atoms with van der Waals surface area (Å²) in [5.74, 6) is 0.0769. The van der Waals surface area contributed by atoms with Crippen molar-refractivity contribution < 1.29 is 4.79 Å². The molecule has 2 atom stereocenters. The number of nitrogen functional groups attached to an aromatic ring is 1.